The highest BCUT2D eigenvalue weighted by Gasteiger charge is 2.28. The molecule has 110 valence electrons. The Labute approximate surface area is 129 Å². The van der Waals surface area contributed by atoms with Crippen LogP contribution >= 0.6 is 11.6 Å². The third kappa shape index (κ3) is 2.64. The average Bonchev–Trinajstić information content (AvgIpc) is 2.47. The van der Waals surface area contributed by atoms with Gasteiger partial charge in [0, 0.05) is 23.8 Å². The second kappa shape index (κ2) is 5.33. The SMILES string of the molecule is Nc1cccc2c1CCN(S(=O)(=O)c1ccc(Cl)cc1)C2. The highest BCUT2D eigenvalue weighted by Crippen LogP contribution is 2.28. The Morgan fingerprint density at radius 1 is 1.10 bits per heavy atom. The van der Waals surface area contributed by atoms with Crippen LogP contribution in [0.4, 0.5) is 5.69 Å². The van der Waals surface area contributed by atoms with Crippen LogP contribution in [0, 0.1) is 0 Å². The minimum Gasteiger partial charge on any atom is -0.398 e. The zero-order valence-corrected chi connectivity index (χ0v) is 12.9. The van der Waals surface area contributed by atoms with Gasteiger partial charge in [-0.1, -0.05) is 23.7 Å². The first-order chi connectivity index (χ1) is 9.98. The second-order valence-corrected chi connectivity index (χ2v) is 7.40. The van der Waals surface area contributed by atoms with Gasteiger partial charge < -0.3 is 5.73 Å². The molecule has 0 aromatic heterocycles. The smallest absolute Gasteiger partial charge is 0.243 e. The Morgan fingerprint density at radius 3 is 2.52 bits per heavy atom. The van der Waals surface area contributed by atoms with Crippen molar-refractivity contribution in [3.8, 4) is 0 Å². The van der Waals surface area contributed by atoms with E-state index in [0.29, 0.717) is 24.5 Å². The molecule has 0 fully saturated rings. The molecular formula is C15H15ClN2O2S. The van der Waals surface area contributed by atoms with Gasteiger partial charge in [-0.15, -0.1) is 0 Å². The average molecular weight is 323 g/mol. The number of hydrogen-bond acceptors (Lipinski definition) is 3. The van der Waals surface area contributed by atoms with Crippen molar-refractivity contribution >= 4 is 27.3 Å². The fourth-order valence-corrected chi connectivity index (χ4v) is 4.12. The van der Waals surface area contributed by atoms with Crippen molar-refractivity contribution in [2.45, 2.75) is 17.9 Å². The molecule has 4 nitrogen and oxygen atoms in total. The van der Waals surface area contributed by atoms with E-state index in [4.69, 9.17) is 17.3 Å². The number of hydrogen-bond donors (Lipinski definition) is 1. The first-order valence-corrected chi connectivity index (χ1v) is 8.42. The van der Waals surface area contributed by atoms with Gasteiger partial charge >= 0.3 is 0 Å². The Morgan fingerprint density at radius 2 is 1.81 bits per heavy atom. The molecule has 0 saturated heterocycles. The molecule has 3 rings (SSSR count). The predicted molar refractivity (Wildman–Crippen MR) is 83.6 cm³/mol. The molecule has 0 saturated carbocycles. The van der Waals surface area contributed by atoms with Crippen LogP contribution in [-0.2, 0) is 23.0 Å². The number of nitrogens with two attached hydrogens (primary N) is 1. The summed E-state index contributed by atoms with van der Waals surface area (Å²) in [5.74, 6) is 0. The van der Waals surface area contributed by atoms with E-state index < -0.39 is 10.0 Å². The third-order valence-corrected chi connectivity index (χ3v) is 5.83. The van der Waals surface area contributed by atoms with Crippen LogP contribution < -0.4 is 5.73 Å². The van der Waals surface area contributed by atoms with E-state index in [9.17, 15) is 8.42 Å². The van der Waals surface area contributed by atoms with Crippen LogP contribution in [0.3, 0.4) is 0 Å². The van der Waals surface area contributed by atoms with Gasteiger partial charge in [0.05, 0.1) is 4.90 Å². The van der Waals surface area contributed by atoms with Crippen LogP contribution in [0.15, 0.2) is 47.4 Å². The lowest BCUT2D eigenvalue weighted by Crippen LogP contribution is -2.36. The van der Waals surface area contributed by atoms with Crippen molar-refractivity contribution in [2.75, 3.05) is 12.3 Å². The molecule has 2 aromatic carbocycles. The van der Waals surface area contributed by atoms with Gasteiger partial charge in [0.1, 0.15) is 0 Å². The number of benzene rings is 2. The van der Waals surface area contributed by atoms with E-state index in [-0.39, 0.29) is 4.90 Å². The van der Waals surface area contributed by atoms with Gasteiger partial charge in [-0.2, -0.15) is 4.31 Å². The maximum absolute atomic E-state index is 12.6. The van der Waals surface area contributed by atoms with Crippen molar-refractivity contribution in [3.05, 3.63) is 58.6 Å². The van der Waals surface area contributed by atoms with Crippen LogP contribution in [0.5, 0.6) is 0 Å². The quantitative estimate of drug-likeness (QED) is 0.865. The molecule has 6 heteroatoms. The highest BCUT2D eigenvalue weighted by atomic mass is 35.5. The molecule has 0 unspecified atom stereocenters. The minimum atomic E-state index is -3.50. The molecular weight excluding hydrogens is 308 g/mol. The number of rotatable bonds is 2. The molecule has 0 aliphatic carbocycles. The molecule has 21 heavy (non-hydrogen) atoms. The lowest BCUT2D eigenvalue weighted by molar-refractivity contribution is 0.392. The van der Waals surface area contributed by atoms with Crippen LogP contribution in [-0.4, -0.2) is 19.3 Å². The van der Waals surface area contributed by atoms with E-state index in [1.807, 2.05) is 18.2 Å². The molecule has 2 aromatic rings. The standard InChI is InChI=1S/C15H15ClN2O2S/c16-12-4-6-13(7-5-12)21(19,20)18-9-8-14-11(10-18)2-1-3-15(14)17/h1-7H,8-10,17H2. The third-order valence-electron chi connectivity index (χ3n) is 3.72. The molecule has 0 radical (unpaired) electrons. The first-order valence-electron chi connectivity index (χ1n) is 6.60. The van der Waals surface area contributed by atoms with Gasteiger partial charge in [-0.05, 0) is 47.9 Å². The van der Waals surface area contributed by atoms with Crippen molar-refractivity contribution in [1.82, 2.24) is 4.31 Å². The summed E-state index contributed by atoms with van der Waals surface area (Å²) >= 11 is 5.81. The zero-order chi connectivity index (χ0) is 15.0. The molecule has 1 heterocycles. The summed E-state index contributed by atoms with van der Waals surface area (Å²) in [5, 5.41) is 0.519. The molecule has 0 bridgehead atoms. The Balaban J connectivity index is 1.93. The number of sulfonamides is 1. The maximum Gasteiger partial charge on any atom is 0.243 e. The number of anilines is 1. The summed E-state index contributed by atoms with van der Waals surface area (Å²) in [6.07, 6.45) is 0.634. The summed E-state index contributed by atoms with van der Waals surface area (Å²) < 4.78 is 26.8. The number of nitrogens with zero attached hydrogens (tertiary/aromatic N) is 1. The largest absolute Gasteiger partial charge is 0.398 e. The first kappa shape index (κ1) is 14.4. The molecule has 1 aliphatic rings. The summed E-state index contributed by atoms with van der Waals surface area (Å²) in [4.78, 5) is 0.263. The monoisotopic (exact) mass is 322 g/mol. The van der Waals surface area contributed by atoms with E-state index in [0.717, 1.165) is 16.8 Å². The van der Waals surface area contributed by atoms with Gasteiger partial charge in [-0.3, -0.25) is 0 Å². The molecule has 0 amide bonds. The van der Waals surface area contributed by atoms with Crippen molar-refractivity contribution in [2.24, 2.45) is 0 Å². The Kier molecular flexibility index (Phi) is 3.65. The topological polar surface area (TPSA) is 63.4 Å². The summed E-state index contributed by atoms with van der Waals surface area (Å²) in [7, 11) is -3.50. The second-order valence-electron chi connectivity index (χ2n) is 5.03. The van der Waals surface area contributed by atoms with Gasteiger partial charge in [0.25, 0.3) is 0 Å². The predicted octanol–water partition coefficient (Wildman–Crippen LogP) is 2.67. The van der Waals surface area contributed by atoms with E-state index in [1.165, 1.54) is 16.4 Å². The number of halogens is 1. The lowest BCUT2D eigenvalue weighted by Gasteiger charge is -2.28. The molecule has 1 aliphatic heterocycles. The lowest BCUT2D eigenvalue weighted by atomic mass is 9.99. The minimum absolute atomic E-state index is 0.263. The summed E-state index contributed by atoms with van der Waals surface area (Å²) in [5.41, 5.74) is 8.70. The fourth-order valence-electron chi connectivity index (χ4n) is 2.57. The molecule has 2 N–H and O–H groups in total. The normalized spacial score (nSPS) is 15.7. The summed E-state index contributed by atoms with van der Waals surface area (Å²) in [6, 6.07) is 11.9. The van der Waals surface area contributed by atoms with Gasteiger partial charge in [0.15, 0.2) is 0 Å². The Hall–Kier alpha value is -1.56. The van der Waals surface area contributed by atoms with E-state index in [1.54, 1.807) is 12.1 Å². The van der Waals surface area contributed by atoms with Crippen molar-refractivity contribution in [3.63, 3.8) is 0 Å². The maximum atomic E-state index is 12.6. The van der Waals surface area contributed by atoms with Crippen molar-refractivity contribution < 1.29 is 8.42 Å². The van der Waals surface area contributed by atoms with Gasteiger partial charge in [0.2, 0.25) is 10.0 Å². The van der Waals surface area contributed by atoms with E-state index in [2.05, 4.69) is 0 Å². The molecule has 0 atom stereocenters. The summed E-state index contributed by atoms with van der Waals surface area (Å²) in [6.45, 7) is 0.789. The van der Waals surface area contributed by atoms with Crippen LogP contribution in [0.25, 0.3) is 0 Å². The fraction of sp³-hybridized carbons (Fsp3) is 0.200. The Bertz CT molecular complexity index is 773. The number of fused-ring (bicyclic) bond motifs is 1. The van der Waals surface area contributed by atoms with Crippen LogP contribution in [0.2, 0.25) is 5.02 Å². The van der Waals surface area contributed by atoms with Crippen molar-refractivity contribution in [1.29, 1.82) is 0 Å². The zero-order valence-electron chi connectivity index (χ0n) is 11.3. The highest BCUT2D eigenvalue weighted by molar-refractivity contribution is 7.89. The molecule has 0 spiro atoms. The number of nitrogen functional groups attached to an aromatic ring is 1. The van der Waals surface area contributed by atoms with Crippen LogP contribution in [0.1, 0.15) is 11.1 Å². The van der Waals surface area contributed by atoms with Gasteiger partial charge in [-0.25, -0.2) is 8.42 Å². The van der Waals surface area contributed by atoms with E-state index >= 15 is 0 Å².